The summed E-state index contributed by atoms with van der Waals surface area (Å²) in [5.41, 5.74) is 0.913. The van der Waals surface area contributed by atoms with Crippen LogP contribution in [0.1, 0.15) is 24.8 Å². The van der Waals surface area contributed by atoms with Gasteiger partial charge in [0.25, 0.3) is 0 Å². The molecule has 0 saturated heterocycles. The highest BCUT2D eigenvalue weighted by Gasteiger charge is 2.33. The van der Waals surface area contributed by atoms with Crippen LogP contribution in [0.5, 0.6) is 5.75 Å². The number of carbonyl (C=O) groups excluding carboxylic acids is 1. The lowest BCUT2D eigenvalue weighted by atomic mass is 10.0. The Labute approximate surface area is 117 Å². The average molecular weight is 277 g/mol. The van der Waals surface area contributed by atoms with Gasteiger partial charge < -0.3 is 15.2 Å². The summed E-state index contributed by atoms with van der Waals surface area (Å²) in [5.74, 6) is -0.699. The maximum Gasteiger partial charge on any atom is 0.306 e. The standard InChI is InChI=1S/C15H19NO4/c1-20-13-5-3-2-4-12(13)9-16-14(17)10-6-7-11(8-10)15(18)19/h2-5,10-11H,6-9H2,1H3,(H,16,17)(H,18,19). The lowest BCUT2D eigenvalue weighted by Crippen LogP contribution is -2.29. The van der Waals surface area contributed by atoms with Crippen molar-refractivity contribution >= 4 is 11.9 Å². The number of para-hydroxylation sites is 1. The predicted molar refractivity (Wildman–Crippen MR) is 73.3 cm³/mol. The maximum absolute atomic E-state index is 12.0. The topological polar surface area (TPSA) is 75.6 Å². The van der Waals surface area contributed by atoms with Crippen LogP contribution in [0.2, 0.25) is 0 Å². The van der Waals surface area contributed by atoms with Crippen LogP contribution in [0.3, 0.4) is 0 Å². The van der Waals surface area contributed by atoms with Crippen molar-refractivity contribution in [3.63, 3.8) is 0 Å². The van der Waals surface area contributed by atoms with E-state index >= 15 is 0 Å². The van der Waals surface area contributed by atoms with Crippen molar-refractivity contribution in [2.75, 3.05) is 7.11 Å². The highest BCUT2D eigenvalue weighted by atomic mass is 16.5. The molecule has 1 aliphatic carbocycles. The summed E-state index contributed by atoms with van der Waals surface area (Å²) in [5, 5.41) is 11.8. The molecule has 1 aromatic carbocycles. The van der Waals surface area contributed by atoms with E-state index in [1.54, 1.807) is 7.11 Å². The summed E-state index contributed by atoms with van der Waals surface area (Å²) in [4.78, 5) is 22.9. The highest BCUT2D eigenvalue weighted by molar-refractivity contribution is 5.80. The van der Waals surface area contributed by atoms with E-state index in [9.17, 15) is 9.59 Å². The number of ether oxygens (including phenoxy) is 1. The lowest BCUT2D eigenvalue weighted by Gasteiger charge is -2.12. The highest BCUT2D eigenvalue weighted by Crippen LogP contribution is 2.31. The van der Waals surface area contributed by atoms with Crippen LogP contribution in [0, 0.1) is 11.8 Å². The molecule has 2 N–H and O–H groups in total. The molecule has 1 amide bonds. The first-order chi connectivity index (χ1) is 9.61. The molecule has 5 heteroatoms. The van der Waals surface area contributed by atoms with Crippen LogP contribution in [0.25, 0.3) is 0 Å². The molecule has 1 aromatic rings. The largest absolute Gasteiger partial charge is 0.496 e. The van der Waals surface area contributed by atoms with Gasteiger partial charge in [-0.2, -0.15) is 0 Å². The van der Waals surface area contributed by atoms with Crippen molar-refractivity contribution in [3.8, 4) is 5.75 Å². The SMILES string of the molecule is COc1ccccc1CNC(=O)C1CCC(C(=O)O)C1. The molecule has 20 heavy (non-hydrogen) atoms. The van der Waals surface area contributed by atoms with Gasteiger partial charge in [0.2, 0.25) is 5.91 Å². The molecule has 5 nitrogen and oxygen atoms in total. The van der Waals surface area contributed by atoms with Crippen LogP contribution in [-0.2, 0) is 16.1 Å². The number of carboxylic acids is 1. The number of methoxy groups -OCH3 is 1. The van der Waals surface area contributed by atoms with Crippen molar-refractivity contribution < 1.29 is 19.4 Å². The quantitative estimate of drug-likeness (QED) is 0.860. The molecule has 0 aromatic heterocycles. The van der Waals surface area contributed by atoms with E-state index in [1.807, 2.05) is 24.3 Å². The number of hydrogen-bond donors (Lipinski definition) is 2. The van der Waals surface area contributed by atoms with Gasteiger partial charge in [-0.05, 0) is 25.3 Å². The third-order valence-electron chi connectivity index (χ3n) is 3.80. The van der Waals surface area contributed by atoms with E-state index in [0.29, 0.717) is 25.8 Å². The minimum Gasteiger partial charge on any atom is -0.496 e. The number of aliphatic carboxylic acids is 1. The van der Waals surface area contributed by atoms with E-state index in [-0.39, 0.29) is 17.7 Å². The molecule has 0 aliphatic heterocycles. The summed E-state index contributed by atoms with van der Waals surface area (Å²) < 4.78 is 5.22. The van der Waals surface area contributed by atoms with Crippen molar-refractivity contribution in [2.45, 2.75) is 25.8 Å². The van der Waals surface area contributed by atoms with Crippen LogP contribution in [-0.4, -0.2) is 24.1 Å². The minimum absolute atomic E-state index is 0.0698. The Bertz CT molecular complexity index is 500. The Hall–Kier alpha value is -2.04. The van der Waals surface area contributed by atoms with E-state index in [0.717, 1.165) is 11.3 Å². The molecule has 0 spiro atoms. The summed E-state index contributed by atoms with van der Waals surface area (Å²) in [6.07, 6.45) is 1.67. The number of hydrogen-bond acceptors (Lipinski definition) is 3. The molecule has 1 saturated carbocycles. The number of carboxylic acid groups (broad SMARTS) is 1. The van der Waals surface area contributed by atoms with Gasteiger partial charge in [0, 0.05) is 18.0 Å². The molecule has 108 valence electrons. The van der Waals surface area contributed by atoms with Crippen LogP contribution >= 0.6 is 0 Å². The second kappa shape index (κ2) is 6.41. The Balaban J connectivity index is 1.88. The molecular weight excluding hydrogens is 258 g/mol. The first-order valence-corrected chi connectivity index (χ1v) is 6.74. The fourth-order valence-corrected chi connectivity index (χ4v) is 2.62. The molecule has 0 bridgehead atoms. The molecule has 0 heterocycles. The second-order valence-electron chi connectivity index (χ2n) is 5.07. The fraction of sp³-hybridized carbons (Fsp3) is 0.467. The smallest absolute Gasteiger partial charge is 0.306 e. The number of amides is 1. The summed E-state index contributed by atoms with van der Waals surface area (Å²) in [6, 6.07) is 7.50. The van der Waals surface area contributed by atoms with E-state index < -0.39 is 5.97 Å². The Morgan fingerprint density at radius 2 is 2.00 bits per heavy atom. The normalized spacial score (nSPS) is 21.4. The van der Waals surface area contributed by atoms with Crippen molar-refractivity contribution in [3.05, 3.63) is 29.8 Å². The molecular formula is C15H19NO4. The van der Waals surface area contributed by atoms with Crippen molar-refractivity contribution in [1.29, 1.82) is 0 Å². The fourth-order valence-electron chi connectivity index (χ4n) is 2.62. The predicted octanol–water partition coefficient (Wildman–Crippen LogP) is 1.81. The van der Waals surface area contributed by atoms with Gasteiger partial charge in [-0.3, -0.25) is 9.59 Å². The molecule has 1 fully saturated rings. The zero-order valence-corrected chi connectivity index (χ0v) is 11.5. The van der Waals surface area contributed by atoms with E-state index in [4.69, 9.17) is 9.84 Å². The van der Waals surface area contributed by atoms with E-state index in [2.05, 4.69) is 5.32 Å². The molecule has 2 atom stereocenters. The number of benzene rings is 1. The summed E-state index contributed by atoms with van der Waals surface area (Å²) >= 11 is 0. The Kier molecular flexibility index (Phi) is 4.61. The first kappa shape index (κ1) is 14.4. The first-order valence-electron chi connectivity index (χ1n) is 6.74. The van der Waals surface area contributed by atoms with Gasteiger partial charge in [-0.25, -0.2) is 0 Å². The average Bonchev–Trinajstić information content (AvgIpc) is 2.95. The van der Waals surface area contributed by atoms with Gasteiger partial charge in [-0.1, -0.05) is 18.2 Å². The molecule has 2 unspecified atom stereocenters. The van der Waals surface area contributed by atoms with Crippen LogP contribution in [0.15, 0.2) is 24.3 Å². The van der Waals surface area contributed by atoms with E-state index in [1.165, 1.54) is 0 Å². The number of nitrogens with one attached hydrogen (secondary N) is 1. The lowest BCUT2D eigenvalue weighted by molar-refractivity contribution is -0.141. The summed E-state index contributed by atoms with van der Waals surface area (Å²) in [6.45, 7) is 0.400. The van der Waals surface area contributed by atoms with Gasteiger partial charge in [0.1, 0.15) is 5.75 Å². The zero-order valence-electron chi connectivity index (χ0n) is 11.5. The third-order valence-corrected chi connectivity index (χ3v) is 3.80. The minimum atomic E-state index is -0.801. The van der Waals surface area contributed by atoms with Crippen molar-refractivity contribution in [2.24, 2.45) is 11.8 Å². The number of carbonyl (C=O) groups is 2. The molecule has 1 aliphatic rings. The van der Waals surface area contributed by atoms with Crippen LogP contribution < -0.4 is 10.1 Å². The Morgan fingerprint density at radius 3 is 2.65 bits per heavy atom. The number of rotatable bonds is 5. The van der Waals surface area contributed by atoms with Gasteiger partial charge in [0.15, 0.2) is 0 Å². The molecule has 2 rings (SSSR count). The van der Waals surface area contributed by atoms with Gasteiger partial charge in [0.05, 0.1) is 13.0 Å². The van der Waals surface area contributed by atoms with Crippen molar-refractivity contribution in [1.82, 2.24) is 5.32 Å². The van der Waals surface area contributed by atoms with Crippen LogP contribution in [0.4, 0.5) is 0 Å². The maximum atomic E-state index is 12.0. The summed E-state index contributed by atoms with van der Waals surface area (Å²) in [7, 11) is 1.59. The second-order valence-corrected chi connectivity index (χ2v) is 5.07. The Morgan fingerprint density at radius 1 is 1.30 bits per heavy atom. The monoisotopic (exact) mass is 277 g/mol. The van der Waals surface area contributed by atoms with Gasteiger partial charge in [-0.15, -0.1) is 0 Å². The van der Waals surface area contributed by atoms with Gasteiger partial charge >= 0.3 is 5.97 Å². The third kappa shape index (κ3) is 3.29. The zero-order chi connectivity index (χ0) is 14.5. The molecule has 0 radical (unpaired) electrons.